The third-order valence-corrected chi connectivity index (χ3v) is 5.72. The average Bonchev–Trinajstić information content (AvgIpc) is 2.55. The highest BCUT2D eigenvalue weighted by molar-refractivity contribution is 8.00. The lowest BCUT2D eigenvalue weighted by Crippen LogP contribution is -2.50. The summed E-state index contributed by atoms with van der Waals surface area (Å²) in [6.45, 7) is 4.17. The molecule has 0 heterocycles. The monoisotopic (exact) mass is 316 g/mol. The van der Waals surface area contributed by atoms with Crippen LogP contribution in [0.5, 0.6) is 0 Å². The van der Waals surface area contributed by atoms with E-state index in [-0.39, 0.29) is 5.91 Å². The van der Waals surface area contributed by atoms with E-state index < -0.39 is 5.54 Å². The number of rotatable bonds is 4. The summed E-state index contributed by atoms with van der Waals surface area (Å²) in [6.07, 6.45) is 4.86. The summed E-state index contributed by atoms with van der Waals surface area (Å²) in [7, 11) is 1.79. The zero-order valence-electron chi connectivity index (χ0n) is 13.7. The topological polar surface area (TPSA) is 44.1 Å². The van der Waals surface area contributed by atoms with Gasteiger partial charge in [-0.3, -0.25) is 4.79 Å². The van der Waals surface area contributed by atoms with Crippen molar-refractivity contribution in [2.75, 3.05) is 12.8 Å². The fourth-order valence-corrected chi connectivity index (χ4v) is 3.85. The largest absolute Gasteiger partial charge is 0.326 e. The maximum atomic E-state index is 12.5. The summed E-state index contributed by atoms with van der Waals surface area (Å²) in [4.78, 5) is 15.3. The van der Waals surface area contributed by atoms with E-state index in [1.165, 1.54) is 17.5 Å². The van der Waals surface area contributed by atoms with Crippen molar-refractivity contribution >= 4 is 17.7 Å². The molecule has 1 aromatic carbocycles. The number of hydrogen-bond donors (Lipinski definition) is 0. The minimum absolute atomic E-state index is 0.0479. The maximum Gasteiger partial charge on any atom is 0.233 e. The van der Waals surface area contributed by atoms with Gasteiger partial charge >= 0.3 is 0 Å². The highest BCUT2D eigenvalue weighted by Gasteiger charge is 2.38. The normalized spacial score (nSPS) is 16.8. The van der Waals surface area contributed by atoms with Crippen molar-refractivity contribution < 1.29 is 4.79 Å². The quantitative estimate of drug-likeness (QED) is 0.786. The Labute approximate surface area is 137 Å². The first-order chi connectivity index (χ1) is 10.5. The lowest BCUT2D eigenvalue weighted by Gasteiger charge is -2.39. The molecule has 0 N–H and O–H groups in total. The summed E-state index contributed by atoms with van der Waals surface area (Å²) in [5.74, 6) is 0.439. The molecule has 1 amide bonds. The van der Waals surface area contributed by atoms with Crippen LogP contribution in [0.15, 0.2) is 23.1 Å². The number of nitriles is 1. The summed E-state index contributed by atoms with van der Waals surface area (Å²) in [5.41, 5.74) is 1.92. The van der Waals surface area contributed by atoms with Crippen LogP contribution < -0.4 is 0 Å². The standard InChI is InChI=1S/C18H24N2OS/c1-14-7-8-16(11-15(14)2)22-12-17(21)20(3)18(13-19)9-5-4-6-10-18/h7-8,11H,4-6,9-10,12H2,1-3H3. The number of thioether (sulfide) groups is 1. The van der Waals surface area contributed by atoms with E-state index in [0.29, 0.717) is 5.75 Å². The third kappa shape index (κ3) is 3.64. The number of carbonyl (C=O) groups is 1. The molecule has 3 nitrogen and oxygen atoms in total. The fraction of sp³-hybridized carbons (Fsp3) is 0.556. The van der Waals surface area contributed by atoms with Gasteiger partial charge in [0.1, 0.15) is 5.54 Å². The van der Waals surface area contributed by atoms with E-state index in [0.717, 1.165) is 30.6 Å². The van der Waals surface area contributed by atoms with E-state index in [9.17, 15) is 10.1 Å². The van der Waals surface area contributed by atoms with Gasteiger partial charge in [-0.1, -0.05) is 25.3 Å². The zero-order chi connectivity index (χ0) is 16.2. The minimum Gasteiger partial charge on any atom is -0.326 e. The molecular weight excluding hydrogens is 292 g/mol. The van der Waals surface area contributed by atoms with Crippen molar-refractivity contribution in [2.45, 2.75) is 56.4 Å². The number of benzene rings is 1. The molecule has 2 rings (SSSR count). The molecule has 0 aliphatic heterocycles. The van der Waals surface area contributed by atoms with E-state index in [1.807, 2.05) is 0 Å². The van der Waals surface area contributed by atoms with Gasteiger partial charge in [0.25, 0.3) is 0 Å². The molecule has 0 atom stereocenters. The third-order valence-electron chi connectivity index (χ3n) is 4.75. The second kappa shape index (κ2) is 7.19. The van der Waals surface area contributed by atoms with Crippen LogP contribution >= 0.6 is 11.8 Å². The van der Waals surface area contributed by atoms with Crippen molar-refractivity contribution in [3.05, 3.63) is 29.3 Å². The van der Waals surface area contributed by atoms with Gasteiger partial charge in [-0.05, 0) is 49.9 Å². The van der Waals surface area contributed by atoms with E-state index in [2.05, 4.69) is 38.1 Å². The molecule has 0 spiro atoms. The Morgan fingerprint density at radius 2 is 1.95 bits per heavy atom. The Morgan fingerprint density at radius 1 is 1.27 bits per heavy atom. The van der Waals surface area contributed by atoms with E-state index in [1.54, 1.807) is 23.7 Å². The molecule has 1 aliphatic carbocycles. The summed E-state index contributed by atoms with van der Waals surface area (Å²) < 4.78 is 0. The van der Waals surface area contributed by atoms with Crippen molar-refractivity contribution in [1.29, 1.82) is 5.26 Å². The molecule has 0 aromatic heterocycles. The molecule has 4 heteroatoms. The number of carbonyl (C=O) groups excluding carboxylic acids is 1. The van der Waals surface area contributed by atoms with Crippen molar-refractivity contribution in [1.82, 2.24) is 4.90 Å². The van der Waals surface area contributed by atoms with Crippen LogP contribution in [-0.2, 0) is 4.79 Å². The van der Waals surface area contributed by atoms with Crippen LogP contribution in [0.2, 0.25) is 0 Å². The van der Waals surface area contributed by atoms with Crippen LogP contribution in [0, 0.1) is 25.2 Å². The van der Waals surface area contributed by atoms with Crippen molar-refractivity contribution in [3.8, 4) is 6.07 Å². The van der Waals surface area contributed by atoms with Gasteiger partial charge in [0, 0.05) is 11.9 Å². The van der Waals surface area contributed by atoms with Crippen molar-refractivity contribution in [2.24, 2.45) is 0 Å². The molecule has 0 bridgehead atoms. The number of amides is 1. The molecule has 1 aromatic rings. The lowest BCUT2D eigenvalue weighted by molar-refractivity contribution is -0.131. The Bertz CT molecular complexity index is 585. The number of nitrogens with zero attached hydrogens (tertiary/aromatic N) is 2. The molecular formula is C18H24N2OS. The lowest BCUT2D eigenvalue weighted by atomic mass is 9.81. The van der Waals surface area contributed by atoms with Gasteiger partial charge in [0.05, 0.1) is 11.8 Å². The highest BCUT2D eigenvalue weighted by atomic mass is 32.2. The predicted molar refractivity (Wildman–Crippen MR) is 90.8 cm³/mol. The highest BCUT2D eigenvalue weighted by Crippen LogP contribution is 2.33. The SMILES string of the molecule is Cc1ccc(SCC(=O)N(C)C2(C#N)CCCCC2)cc1C. The van der Waals surface area contributed by atoms with Gasteiger partial charge in [-0.25, -0.2) is 0 Å². The zero-order valence-corrected chi connectivity index (χ0v) is 14.5. The Morgan fingerprint density at radius 3 is 2.55 bits per heavy atom. The summed E-state index contributed by atoms with van der Waals surface area (Å²) >= 11 is 1.55. The first kappa shape index (κ1) is 16.9. The summed E-state index contributed by atoms with van der Waals surface area (Å²) in [6, 6.07) is 8.67. The van der Waals surface area contributed by atoms with Gasteiger partial charge in [0.2, 0.25) is 5.91 Å². The molecule has 118 valence electrons. The molecule has 0 radical (unpaired) electrons. The molecule has 1 saturated carbocycles. The van der Waals surface area contributed by atoms with Crippen molar-refractivity contribution in [3.63, 3.8) is 0 Å². The average molecular weight is 316 g/mol. The number of aryl methyl sites for hydroxylation is 2. The minimum atomic E-state index is -0.584. The molecule has 1 aliphatic rings. The van der Waals surface area contributed by atoms with Crippen LogP contribution in [0.4, 0.5) is 0 Å². The predicted octanol–water partition coefficient (Wildman–Crippen LogP) is 4.08. The Kier molecular flexibility index (Phi) is 5.52. The fourth-order valence-electron chi connectivity index (χ4n) is 2.94. The smallest absolute Gasteiger partial charge is 0.233 e. The molecule has 0 saturated heterocycles. The van der Waals surface area contributed by atoms with Gasteiger partial charge in [-0.15, -0.1) is 11.8 Å². The van der Waals surface area contributed by atoms with E-state index in [4.69, 9.17) is 0 Å². The molecule has 0 unspecified atom stereocenters. The first-order valence-electron chi connectivity index (χ1n) is 7.86. The van der Waals surface area contributed by atoms with Crippen LogP contribution in [0.25, 0.3) is 0 Å². The second-order valence-electron chi connectivity index (χ2n) is 6.19. The van der Waals surface area contributed by atoms with Gasteiger partial charge < -0.3 is 4.90 Å². The van der Waals surface area contributed by atoms with E-state index >= 15 is 0 Å². The molecule has 22 heavy (non-hydrogen) atoms. The number of hydrogen-bond acceptors (Lipinski definition) is 3. The second-order valence-corrected chi connectivity index (χ2v) is 7.24. The first-order valence-corrected chi connectivity index (χ1v) is 8.85. The van der Waals surface area contributed by atoms with Gasteiger partial charge in [-0.2, -0.15) is 5.26 Å². The van der Waals surface area contributed by atoms with Gasteiger partial charge in [0.15, 0.2) is 0 Å². The van der Waals surface area contributed by atoms with Crippen LogP contribution in [0.1, 0.15) is 43.2 Å². The van der Waals surface area contributed by atoms with Crippen LogP contribution in [-0.4, -0.2) is 29.1 Å². The van der Waals surface area contributed by atoms with Crippen LogP contribution in [0.3, 0.4) is 0 Å². The Balaban J connectivity index is 1.99. The molecule has 1 fully saturated rings. The summed E-state index contributed by atoms with van der Waals surface area (Å²) in [5, 5.41) is 9.56. The maximum absolute atomic E-state index is 12.5. The Hall–Kier alpha value is -1.47.